The molecule has 4 nitrogen and oxygen atoms in total. The van der Waals surface area contributed by atoms with Gasteiger partial charge in [-0.15, -0.1) is 0 Å². The molecule has 1 aromatic carbocycles. The van der Waals surface area contributed by atoms with E-state index in [0.29, 0.717) is 17.1 Å². The molecule has 0 saturated carbocycles. The summed E-state index contributed by atoms with van der Waals surface area (Å²) in [5.41, 5.74) is 1.47. The minimum atomic E-state index is -0.0984. The van der Waals surface area contributed by atoms with Gasteiger partial charge in [0.15, 0.2) is 0 Å². The molecule has 1 aliphatic heterocycles. The lowest BCUT2D eigenvalue weighted by atomic mass is 9.99. The number of nitrogens with zero attached hydrogens (tertiary/aromatic N) is 1. The number of carbonyl (C=O) groups is 1. The van der Waals surface area contributed by atoms with Crippen molar-refractivity contribution in [3.05, 3.63) is 35.0 Å². The van der Waals surface area contributed by atoms with E-state index in [9.17, 15) is 4.79 Å². The molecule has 0 radical (unpaired) electrons. The summed E-state index contributed by atoms with van der Waals surface area (Å²) in [5.74, 6) is 0.759. The number of hydrogen-bond acceptors (Lipinski definition) is 2. The fourth-order valence-corrected chi connectivity index (χ4v) is 3.39. The van der Waals surface area contributed by atoms with E-state index >= 15 is 0 Å². The van der Waals surface area contributed by atoms with Crippen LogP contribution in [0.3, 0.4) is 0 Å². The highest BCUT2D eigenvalue weighted by atomic mass is 35.5. The number of benzene rings is 1. The first-order valence-corrected chi connectivity index (χ1v) is 8.78. The molecule has 0 unspecified atom stereocenters. The Morgan fingerprint density at radius 3 is 2.96 bits per heavy atom. The standard InChI is InChI=1S/C18H24ClN3O/c1-13-4-9-22(10-5-13)8-2-6-21-18(23)15-12-17-14(3-7-20-17)11-16(15)19/h3,7,11-13,20H,2,4-6,8-10H2,1H3,(H,21,23). The fraction of sp³-hybridized carbons (Fsp3) is 0.500. The Hall–Kier alpha value is -1.52. The summed E-state index contributed by atoms with van der Waals surface area (Å²) in [5, 5.41) is 4.50. The van der Waals surface area contributed by atoms with Crippen molar-refractivity contribution >= 4 is 28.4 Å². The highest BCUT2D eigenvalue weighted by Crippen LogP contribution is 2.23. The molecule has 2 heterocycles. The monoisotopic (exact) mass is 333 g/mol. The van der Waals surface area contributed by atoms with Crippen LogP contribution in [0.1, 0.15) is 36.5 Å². The predicted octanol–water partition coefficient (Wildman–Crippen LogP) is 3.67. The highest BCUT2D eigenvalue weighted by molar-refractivity contribution is 6.34. The largest absolute Gasteiger partial charge is 0.361 e. The zero-order chi connectivity index (χ0) is 16.2. The molecule has 1 aromatic heterocycles. The molecule has 1 amide bonds. The van der Waals surface area contributed by atoms with Crippen LogP contribution in [0.2, 0.25) is 5.02 Å². The Balaban J connectivity index is 1.48. The quantitative estimate of drug-likeness (QED) is 0.820. The third kappa shape index (κ3) is 4.06. The van der Waals surface area contributed by atoms with Crippen molar-refractivity contribution in [3.63, 3.8) is 0 Å². The van der Waals surface area contributed by atoms with Crippen LogP contribution in [0.15, 0.2) is 24.4 Å². The first kappa shape index (κ1) is 16.3. The third-order valence-electron chi connectivity index (χ3n) is 4.70. The molecule has 0 atom stereocenters. The van der Waals surface area contributed by atoms with Crippen LogP contribution in [0.25, 0.3) is 10.9 Å². The van der Waals surface area contributed by atoms with Gasteiger partial charge in [0.05, 0.1) is 10.6 Å². The van der Waals surface area contributed by atoms with Gasteiger partial charge in [-0.05, 0) is 63.0 Å². The minimum absolute atomic E-state index is 0.0984. The zero-order valence-corrected chi connectivity index (χ0v) is 14.3. The van der Waals surface area contributed by atoms with Crippen LogP contribution < -0.4 is 5.32 Å². The molecule has 1 fully saturated rings. The van der Waals surface area contributed by atoms with Crippen molar-refractivity contribution in [1.82, 2.24) is 15.2 Å². The molecule has 0 bridgehead atoms. The number of amides is 1. The third-order valence-corrected chi connectivity index (χ3v) is 5.01. The van der Waals surface area contributed by atoms with Crippen molar-refractivity contribution in [2.45, 2.75) is 26.2 Å². The number of hydrogen-bond donors (Lipinski definition) is 2. The van der Waals surface area contributed by atoms with Crippen molar-refractivity contribution in [1.29, 1.82) is 0 Å². The van der Waals surface area contributed by atoms with Gasteiger partial charge < -0.3 is 15.2 Å². The molecule has 124 valence electrons. The van der Waals surface area contributed by atoms with Gasteiger partial charge in [-0.25, -0.2) is 0 Å². The lowest BCUT2D eigenvalue weighted by molar-refractivity contribution is 0.0951. The molecule has 2 N–H and O–H groups in total. The second kappa shape index (κ2) is 7.37. The normalized spacial score (nSPS) is 16.8. The number of nitrogens with one attached hydrogen (secondary N) is 2. The number of H-pyrrole nitrogens is 1. The van der Waals surface area contributed by atoms with Crippen LogP contribution in [0, 0.1) is 5.92 Å². The smallest absolute Gasteiger partial charge is 0.252 e. The van der Waals surface area contributed by atoms with Gasteiger partial charge in [-0.3, -0.25) is 4.79 Å². The van der Waals surface area contributed by atoms with Gasteiger partial charge in [0.2, 0.25) is 0 Å². The molecule has 1 aliphatic rings. The van der Waals surface area contributed by atoms with Crippen molar-refractivity contribution in [2.24, 2.45) is 5.92 Å². The van der Waals surface area contributed by atoms with E-state index in [1.165, 1.54) is 25.9 Å². The average Bonchev–Trinajstić information content (AvgIpc) is 2.99. The van der Waals surface area contributed by atoms with Gasteiger partial charge in [-0.1, -0.05) is 18.5 Å². The SMILES string of the molecule is CC1CCN(CCCNC(=O)c2cc3[nH]ccc3cc2Cl)CC1. The molecule has 3 rings (SSSR count). The van der Waals surface area contributed by atoms with E-state index in [0.717, 1.165) is 29.8 Å². The summed E-state index contributed by atoms with van der Waals surface area (Å²) in [7, 11) is 0. The van der Waals surface area contributed by atoms with Gasteiger partial charge in [0.1, 0.15) is 0 Å². The van der Waals surface area contributed by atoms with Crippen LogP contribution in [-0.4, -0.2) is 42.0 Å². The molecular formula is C18H24ClN3O. The summed E-state index contributed by atoms with van der Waals surface area (Å²) in [6.45, 7) is 6.43. The molecule has 0 spiro atoms. The van der Waals surface area contributed by atoms with E-state index in [1.807, 2.05) is 24.4 Å². The molecule has 5 heteroatoms. The Labute approximate surface area is 142 Å². The molecule has 0 aliphatic carbocycles. The fourth-order valence-electron chi connectivity index (χ4n) is 3.13. The van der Waals surface area contributed by atoms with Gasteiger partial charge >= 0.3 is 0 Å². The number of rotatable bonds is 5. The maximum atomic E-state index is 12.3. The lowest BCUT2D eigenvalue weighted by Crippen LogP contribution is -2.35. The second-order valence-electron chi connectivity index (χ2n) is 6.53. The first-order valence-electron chi connectivity index (χ1n) is 8.40. The molecule has 2 aromatic rings. The summed E-state index contributed by atoms with van der Waals surface area (Å²) in [6.07, 6.45) is 5.40. The van der Waals surface area contributed by atoms with E-state index in [2.05, 4.69) is 22.1 Å². The van der Waals surface area contributed by atoms with E-state index in [-0.39, 0.29) is 5.91 Å². The van der Waals surface area contributed by atoms with Crippen molar-refractivity contribution in [3.8, 4) is 0 Å². The summed E-state index contributed by atoms with van der Waals surface area (Å²) in [6, 6.07) is 5.60. The number of halogens is 1. The van der Waals surface area contributed by atoms with Crippen LogP contribution in [0.4, 0.5) is 0 Å². The van der Waals surface area contributed by atoms with Crippen LogP contribution >= 0.6 is 11.6 Å². The van der Waals surface area contributed by atoms with Crippen molar-refractivity contribution < 1.29 is 4.79 Å². The van der Waals surface area contributed by atoms with Gasteiger partial charge in [-0.2, -0.15) is 0 Å². The number of carbonyl (C=O) groups excluding carboxylic acids is 1. The Kier molecular flexibility index (Phi) is 5.23. The van der Waals surface area contributed by atoms with Crippen LogP contribution in [-0.2, 0) is 0 Å². The van der Waals surface area contributed by atoms with Crippen LogP contribution in [0.5, 0.6) is 0 Å². The predicted molar refractivity (Wildman–Crippen MR) is 95.1 cm³/mol. The van der Waals surface area contributed by atoms with Gasteiger partial charge in [0.25, 0.3) is 5.91 Å². The molecular weight excluding hydrogens is 310 g/mol. The Morgan fingerprint density at radius 2 is 2.17 bits per heavy atom. The number of fused-ring (bicyclic) bond motifs is 1. The van der Waals surface area contributed by atoms with E-state index in [1.54, 1.807) is 0 Å². The minimum Gasteiger partial charge on any atom is -0.361 e. The maximum Gasteiger partial charge on any atom is 0.252 e. The number of likely N-dealkylation sites (tertiary alicyclic amines) is 1. The number of aromatic nitrogens is 1. The number of aromatic amines is 1. The molecule has 23 heavy (non-hydrogen) atoms. The first-order chi connectivity index (χ1) is 11.1. The lowest BCUT2D eigenvalue weighted by Gasteiger charge is -2.30. The van der Waals surface area contributed by atoms with Crippen molar-refractivity contribution in [2.75, 3.05) is 26.2 Å². The zero-order valence-electron chi connectivity index (χ0n) is 13.6. The molecule has 1 saturated heterocycles. The average molecular weight is 334 g/mol. The maximum absolute atomic E-state index is 12.3. The topological polar surface area (TPSA) is 48.1 Å². The second-order valence-corrected chi connectivity index (χ2v) is 6.94. The Bertz CT molecular complexity index is 674. The highest BCUT2D eigenvalue weighted by Gasteiger charge is 2.15. The van der Waals surface area contributed by atoms with Gasteiger partial charge in [0, 0.05) is 23.6 Å². The van der Waals surface area contributed by atoms with E-state index in [4.69, 9.17) is 11.6 Å². The summed E-state index contributed by atoms with van der Waals surface area (Å²) < 4.78 is 0. The summed E-state index contributed by atoms with van der Waals surface area (Å²) in [4.78, 5) is 17.9. The van der Waals surface area contributed by atoms with E-state index < -0.39 is 0 Å². The Morgan fingerprint density at radius 1 is 1.39 bits per heavy atom. The summed E-state index contributed by atoms with van der Waals surface area (Å²) >= 11 is 6.22. The number of piperidine rings is 1.